The van der Waals surface area contributed by atoms with Crippen molar-refractivity contribution >= 4 is 41.1 Å². The molecule has 0 aliphatic heterocycles. The number of rotatable bonds is 11. The number of aromatic nitrogens is 4. The van der Waals surface area contributed by atoms with Gasteiger partial charge in [0.05, 0.1) is 12.9 Å². The fourth-order valence-electron chi connectivity index (χ4n) is 3.22. The van der Waals surface area contributed by atoms with Gasteiger partial charge in [0.2, 0.25) is 5.95 Å². The molecule has 0 atom stereocenters. The number of hydrogen-bond donors (Lipinski definition) is 3. The SMILES string of the molecule is CCOC(=O)Cn1cnc2c(NC(=O)OCc3ccccc3)nc(NCCCNC(=O)OC(C)(C)C)nc21. The second-order valence-corrected chi connectivity index (χ2v) is 9.14. The number of alkyl carbamates (subject to hydrolysis) is 1. The molecule has 2 heterocycles. The van der Waals surface area contributed by atoms with Crippen LogP contribution in [0.15, 0.2) is 36.7 Å². The summed E-state index contributed by atoms with van der Waals surface area (Å²) in [6, 6.07) is 9.25. The minimum absolute atomic E-state index is 0.0773. The standard InChI is InChI=1S/C25H33N7O6/c1-5-36-18(33)14-32-16-28-19-20(30-24(35)37-15-17-10-7-6-8-11-17)29-22(31-21(19)32)26-12-9-13-27-23(34)38-25(2,3)4/h6-8,10-11,16H,5,9,12-15H2,1-4H3,(H,27,34)(H2,26,29,30,31,35). The molecule has 0 fully saturated rings. The van der Waals surface area contributed by atoms with E-state index in [9.17, 15) is 14.4 Å². The largest absolute Gasteiger partial charge is 0.465 e. The molecule has 3 aromatic rings. The number of benzene rings is 1. The van der Waals surface area contributed by atoms with Crippen LogP contribution in [0.3, 0.4) is 0 Å². The summed E-state index contributed by atoms with van der Waals surface area (Å²) in [7, 11) is 0. The van der Waals surface area contributed by atoms with Gasteiger partial charge in [-0.05, 0) is 39.7 Å². The first-order chi connectivity index (χ1) is 18.1. The number of nitrogens with zero attached hydrogens (tertiary/aromatic N) is 4. The fraction of sp³-hybridized carbons (Fsp3) is 0.440. The quantitative estimate of drug-likeness (QED) is 0.191. The van der Waals surface area contributed by atoms with E-state index in [4.69, 9.17) is 14.2 Å². The zero-order valence-electron chi connectivity index (χ0n) is 21.9. The predicted molar refractivity (Wildman–Crippen MR) is 140 cm³/mol. The van der Waals surface area contributed by atoms with E-state index in [1.807, 2.05) is 30.3 Å². The topological polar surface area (TPSA) is 159 Å². The van der Waals surface area contributed by atoms with E-state index in [1.54, 1.807) is 27.7 Å². The summed E-state index contributed by atoms with van der Waals surface area (Å²) in [6.07, 6.45) is 0.746. The van der Waals surface area contributed by atoms with E-state index in [0.29, 0.717) is 25.2 Å². The summed E-state index contributed by atoms with van der Waals surface area (Å²) in [4.78, 5) is 49.4. The van der Waals surface area contributed by atoms with Crippen LogP contribution in [0, 0.1) is 0 Å². The number of esters is 1. The van der Waals surface area contributed by atoms with Gasteiger partial charge in [0.25, 0.3) is 0 Å². The van der Waals surface area contributed by atoms with Crippen LogP contribution in [-0.4, -0.2) is 63.0 Å². The number of anilines is 2. The molecule has 0 aliphatic rings. The van der Waals surface area contributed by atoms with Crippen molar-refractivity contribution in [2.75, 3.05) is 30.3 Å². The van der Waals surface area contributed by atoms with Crippen molar-refractivity contribution in [2.45, 2.75) is 52.9 Å². The first-order valence-electron chi connectivity index (χ1n) is 12.2. The van der Waals surface area contributed by atoms with Crippen molar-refractivity contribution in [1.82, 2.24) is 24.8 Å². The number of carbonyl (C=O) groups excluding carboxylic acids is 3. The average molecular weight is 528 g/mol. The lowest BCUT2D eigenvalue weighted by Gasteiger charge is -2.19. The molecule has 2 amide bonds. The van der Waals surface area contributed by atoms with Crippen molar-refractivity contribution in [3.8, 4) is 0 Å². The monoisotopic (exact) mass is 527 g/mol. The van der Waals surface area contributed by atoms with Crippen molar-refractivity contribution in [2.24, 2.45) is 0 Å². The predicted octanol–water partition coefficient (Wildman–Crippen LogP) is 3.46. The summed E-state index contributed by atoms with van der Waals surface area (Å²) < 4.78 is 17.0. The highest BCUT2D eigenvalue weighted by molar-refractivity contribution is 5.94. The van der Waals surface area contributed by atoms with Crippen LogP contribution in [0.1, 0.15) is 39.7 Å². The highest BCUT2D eigenvalue weighted by Crippen LogP contribution is 2.21. The van der Waals surface area contributed by atoms with Gasteiger partial charge in [-0.2, -0.15) is 9.97 Å². The molecule has 0 aliphatic carbocycles. The van der Waals surface area contributed by atoms with Crippen LogP contribution < -0.4 is 16.0 Å². The van der Waals surface area contributed by atoms with E-state index >= 15 is 0 Å². The van der Waals surface area contributed by atoms with Crippen molar-refractivity contribution in [3.05, 3.63) is 42.2 Å². The van der Waals surface area contributed by atoms with Gasteiger partial charge >= 0.3 is 18.2 Å². The molecular formula is C25H33N7O6. The minimum Gasteiger partial charge on any atom is -0.465 e. The van der Waals surface area contributed by atoms with Crippen LogP contribution in [0.2, 0.25) is 0 Å². The molecule has 0 radical (unpaired) electrons. The molecule has 204 valence electrons. The van der Waals surface area contributed by atoms with E-state index in [1.165, 1.54) is 10.9 Å². The number of hydrogen-bond acceptors (Lipinski definition) is 10. The Bertz CT molecular complexity index is 1240. The van der Waals surface area contributed by atoms with E-state index in [2.05, 4.69) is 30.9 Å². The molecule has 13 heteroatoms. The molecule has 38 heavy (non-hydrogen) atoms. The average Bonchev–Trinajstić information content (AvgIpc) is 3.25. The summed E-state index contributed by atoms with van der Waals surface area (Å²) in [5.74, 6) is -0.145. The molecular weight excluding hydrogens is 494 g/mol. The van der Waals surface area contributed by atoms with Crippen LogP contribution in [0.4, 0.5) is 21.4 Å². The molecule has 0 saturated heterocycles. The Morgan fingerprint density at radius 1 is 1.00 bits per heavy atom. The smallest absolute Gasteiger partial charge is 0.413 e. The summed E-state index contributed by atoms with van der Waals surface area (Å²) in [6.45, 7) is 8.06. The maximum atomic E-state index is 12.5. The van der Waals surface area contributed by atoms with Crippen LogP contribution in [-0.2, 0) is 32.2 Å². The highest BCUT2D eigenvalue weighted by Gasteiger charge is 2.18. The maximum absolute atomic E-state index is 12.5. The molecule has 2 aromatic heterocycles. The van der Waals surface area contributed by atoms with E-state index < -0.39 is 23.8 Å². The third kappa shape index (κ3) is 8.91. The molecule has 3 rings (SSSR count). The zero-order valence-corrected chi connectivity index (χ0v) is 21.9. The molecule has 1 aromatic carbocycles. The summed E-state index contributed by atoms with van der Waals surface area (Å²) in [5.41, 5.74) is 0.851. The lowest BCUT2D eigenvalue weighted by atomic mass is 10.2. The van der Waals surface area contributed by atoms with Crippen LogP contribution in [0.25, 0.3) is 11.2 Å². The second kappa shape index (κ2) is 13.2. The Hall–Kier alpha value is -4.42. The number of imidazole rings is 1. The Morgan fingerprint density at radius 2 is 1.76 bits per heavy atom. The summed E-state index contributed by atoms with van der Waals surface area (Å²) >= 11 is 0. The number of nitrogens with one attached hydrogen (secondary N) is 3. The maximum Gasteiger partial charge on any atom is 0.413 e. The van der Waals surface area contributed by atoms with Gasteiger partial charge in [-0.25, -0.2) is 14.6 Å². The van der Waals surface area contributed by atoms with Crippen molar-refractivity contribution in [1.29, 1.82) is 0 Å². The molecule has 0 unspecified atom stereocenters. The number of fused-ring (bicyclic) bond motifs is 1. The minimum atomic E-state index is -0.721. The van der Waals surface area contributed by atoms with E-state index in [0.717, 1.165) is 5.56 Å². The molecule has 0 spiro atoms. The van der Waals surface area contributed by atoms with Gasteiger partial charge in [0.15, 0.2) is 17.0 Å². The zero-order chi connectivity index (χ0) is 27.5. The Morgan fingerprint density at radius 3 is 2.47 bits per heavy atom. The van der Waals surface area contributed by atoms with Gasteiger partial charge in [-0.3, -0.25) is 10.1 Å². The van der Waals surface area contributed by atoms with Crippen molar-refractivity contribution < 1.29 is 28.6 Å². The third-order valence-corrected chi connectivity index (χ3v) is 4.81. The molecule has 13 nitrogen and oxygen atoms in total. The van der Waals surface area contributed by atoms with Gasteiger partial charge in [-0.1, -0.05) is 30.3 Å². The van der Waals surface area contributed by atoms with Crippen molar-refractivity contribution in [3.63, 3.8) is 0 Å². The number of ether oxygens (including phenoxy) is 3. The van der Waals surface area contributed by atoms with Crippen LogP contribution >= 0.6 is 0 Å². The summed E-state index contributed by atoms with van der Waals surface area (Å²) in [5, 5.41) is 8.35. The first-order valence-corrected chi connectivity index (χ1v) is 12.2. The van der Waals surface area contributed by atoms with Gasteiger partial charge in [0.1, 0.15) is 18.8 Å². The first kappa shape index (κ1) is 28.2. The molecule has 0 saturated carbocycles. The fourth-order valence-corrected chi connectivity index (χ4v) is 3.22. The molecule has 0 bridgehead atoms. The lowest BCUT2D eigenvalue weighted by Crippen LogP contribution is -2.33. The lowest BCUT2D eigenvalue weighted by molar-refractivity contribution is -0.143. The number of amides is 2. The van der Waals surface area contributed by atoms with Gasteiger partial charge in [-0.15, -0.1) is 0 Å². The normalized spacial score (nSPS) is 11.1. The highest BCUT2D eigenvalue weighted by atomic mass is 16.6. The number of carbonyl (C=O) groups is 3. The van der Waals surface area contributed by atoms with E-state index in [-0.39, 0.29) is 37.0 Å². The Balaban J connectivity index is 1.69. The second-order valence-electron chi connectivity index (χ2n) is 9.14. The van der Waals surface area contributed by atoms with Gasteiger partial charge < -0.3 is 29.4 Å². The third-order valence-electron chi connectivity index (χ3n) is 4.81. The van der Waals surface area contributed by atoms with Gasteiger partial charge in [0, 0.05) is 13.1 Å². The molecule has 3 N–H and O–H groups in total. The Labute approximate surface area is 220 Å². The van der Waals surface area contributed by atoms with Crippen LogP contribution in [0.5, 0.6) is 0 Å². The Kier molecular flexibility index (Phi) is 9.79.